The molecule has 0 bridgehead atoms. The molecule has 132 valence electrons. The number of halogens is 1. The maximum Gasteiger partial charge on any atom is 0.343 e. The van der Waals surface area contributed by atoms with Gasteiger partial charge in [0.05, 0.1) is 17.3 Å². The molecule has 0 aliphatic heterocycles. The van der Waals surface area contributed by atoms with Gasteiger partial charge in [-0.15, -0.1) is 0 Å². The van der Waals surface area contributed by atoms with Gasteiger partial charge in [0, 0.05) is 17.4 Å². The van der Waals surface area contributed by atoms with Crippen molar-refractivity contribution in [3.63, 3.8) is 0 Å². The Hall–Kier alpha value is -3.12. The fourth-order valence-corrected chi connectivity index (χ4v) is 2.53. The molecule has 0 saturated heterocycles. The molecular weight excluding hydrogens is 352 g/mol. The lowest BCUT2D eigenvalue weighted by Gasteiger charge is -2.13. The maximum atomic E-state index is 12.2. The minimum atomic E-state index is -0.513. The topological polar surface area (TPSA) is 90.1 Å². The van der Waals surface area contributed by atoms with Crippen LogP contribution in [0.15, 0.2) is 54.7 Å². The van der Waals surface area contributed by atoms with Crippen LogP contribution in [0.1, 0.15) is 17.3 Å². The quantitative estimate of drug-likeness (QED) is 0.515. The fourth-order valence-electron chi connectivity index (χ4n) is 2.34. The predicted molar refractivity (Wildman–Crippen MR) is 103 cm³/mol. The molecule has 3 aromatic rings. The molecule has 6 nitrogen and oxygen atoms in total. The highest BCUT2D eigenvalue weighted by molar-refractivity contribution is 6.33. The van der Waals surface area contributed by atoms with Gasteiger partial charge in [0.1, 0.15) is 11.4 Å². The van der Waals surface area contributed by atoms with Gasteiger partial charge in [0.15, 0.2) is 5.82 Å². The summed E-state index contributed by atoms with van der Waals surface area (Å²) < 4.78 is 5.09. The lowest BCUT2D eigenvalue weighted by atomic mass is 10.2. The first-order valence-corrected chi connectivity index (χ1v) is 8.38. The molecule has 7 heteroatoms. The number of anilines is 3. The summed E-state index contributed by atoms with van der Waals surface area (Å²) in [5.41, 5.74) is 8.01. The molecule has 0 spiro atoms. The van der Waals surface area contributed by atoms with Crippen LogP contribution in [0.2, 0.25) is 5.02 Å². The van der Waals surface area contributed by atoms with E-state index in [1.165, 1.54) is 6.20 Å². The molecule has 0 radical (unpaired) electrons. The van der Waals surface area contributed by atoms with Crippen molar-refractivity contribution in [3.8, 4) is 11.4 Å². The summed E-state index contributed by atoms with van der Waals surface area (Å²) >= 11 is 6.21. The van der Waals surface area contributed by atoms with E-state index in [2.05, 4.69) is 15.3 Å². The number of nitrogens with one attached hydrogen (secondary N) is 1. The lowest BCUT2D eigenvalue weighted by Crippen LogP contribution is -2.11. The first-order valence-electron chi connectivity index (χ1n) is 8.00. The Balaban J connectivity index is 2.06. The number of carbonyl (C=O) groups is 1. The third-order valence-corrected chi connectivity index (χ3v) is 3.89. The number of nitrogens with zero attached hydrogens (tertiary/aromatic N) is 2. The van der Waals surface area contributed by atoms with E-state index in [0.29, 0.717) is 28.0 Å². The van der Waals surface area contributed by atoms with Gasteiger partial charge in [0.2, 0.25) is 0 Å². The number of nitrogens with two attached hydrogens (primary N) is 1. The molecule has 0 amide bonds. The van der Waals surface area contributed by atoms with Crippen molar-refractivity contribution in [1.29, 1.82) is 0 Å². The van der Waals surface area contributed by atoms with Crippen molar-refractivity contribution in [2.45, 2.75) is 6.92 Å². The molecule has 2 aromatic carbocycles. The number of rotatable bonds is 5. The standard InChI is InChI=1S/C19H17ClN4O2/c1-2-26-19(25)14-11-22-17(12-6-5-7-13(21)10-12)24-18(14)23-16-9-4-3-8-15(16)20/h3-11H,2,21H2,1H3,(H,22,23,24). The Morgan fingerprint density at radius 2 is 2.04 bits per heavy atom. The smallest absolute Gasteiger partial charge is 0.343 e. The lowest BCUT2D eigenvalue weighted by molar-refractivity contribution is 0.0526. The first-order chi connectivity index (χ1) is 12.6. The highest BCUT2D eigenvalue weighted by Gasteiger charge is 2.17. The second kappa shape index (κ2) is 7.84. The van der Waals surface area contributed by atoms with E-state index < -0.39 is 5.97 Å². The van der Waals surface area contributed by atoms with Gasteiger partial charge in [-0.3, -0.25) is 0 Å². The molecule has 1 heterocycles. The van der Waals surface area contributed by atoms with E-state index in [9.17, 15) is 4.79 Å². The van der Waals surface area contributed by atoms with Gasteiger partial charge in [0.25, 0.3) is 0 Å². The van der Waals surface area contributed by atoms with Crippen LogP contribution in [-0.2, 0) is 4.74 Å². The largest absolute Gasteiger partial charge is 0.462 e. The summed E-state index contributed by atoms with van der Waals surface area (Å²) in [6.45, 7) is 1.99. The van der Waals surface area contributed by atoms with Crippen LogP contribution in [-0.4, -0.2) is 22.5 Å². The molecule has 0 unspecified atom stereocenters. The second-order valence-electron chi connectivity index (χ2n) is 5.41. The summed E-state index contributed by atoms with van der Waals surface area (Å²) in [5, 5.41) is 3.60. The van der Waals surface area contributed by atoms with Gasteiger partial charge in [-0.1, -0.05) is 35.9 Å². The molecule has 1 aromatic heterocycles. The minimum Gasteiger partial charge on any atom is -0.462 e. The van der Waals surface area contributed by atoms with Crippen LogP contribution >= 0.6 is 11.6 Å². The molecule has 26 heavy (non-hydrogen) atoms. The van der Waals surface area contributed by atoms with Gasteiger partial charge in [-0.25, -0.2) is 14.8 Å². The monoisotopic (exact) mass is 368 g/mol. The summed E-state index contributed by atoms with van der Waals surface area (Å²) in [6.07, 6.45) is 1.43. The molecular formula is C19H17ClN4O2. The predicted octanol–water partition coefficient (Wildman–Crippen LogP) is 4.30. The average Bonchev–Trinajstić information content (AvgIpc) is 2.64. The molecule has 0 fully saturated rings. The van der Waals surface area contributed by atoms with Gasteiger partial charge >= 0.3 is 5.97 Å². The minimum absolute atomic E-state index is 0.222. The summed E-state index contributed by atoms with van der Waals surface area (Å²) in [6, 6.07) is 14.4. The van der Waals surface area contributed by atoms with Gasteiger partial charge in [-0.05, 0) is 31.2 Å². The van der Waals surface area contributed by atoms with E-state index in [4.69, 9.17) is 22.1 Å². The van der Waals surface area contributed by atoms with Crippen molar-refractivity contribution in [2.75, 3.05) is 17.7 Å². The van der Waals surface area contributed by atoms with Crippen molar-refractivity contribution in [2.24, 2.45) is 0 Å². The number of benzene rings is 2. The Kier molecular flexibility index (Phi) is 5.34. The number of carbonyl (C=O) groups excluding carboxylic acids is 1. The first kappa shape index (κ1) is 17.7. The zero-order valence-corrected chi connectivity index (χ0v) is 14.8. The Morgan fingerprint density at radius 1 is 1.23 bits per heavy atom. The summed E-state index contributed by atoms with van der Waals surface area (Å²) in [7, 11) is 0. The number of aromatic nitrogens is 2. The zero-order valence-electron chi connectivity index (χ0n) is 14.1. The maximum absolute atomic E-state index is 12.2. The van der Waals surface area contributed by atoms with Crippen LogP contribution in [0.25, 0.3) is 11.4 Å². The zero-order chi connectivity index (χ0) is 18.5. The van der Waals surface area contributed by atoms with E-state index >= 15 is 0 Å². The number of hydrogen-bond acceptors (Lipinski definition) is 6. The van der Waals surface area contributed by atoms with Gasteiger partial charge < -0.3 is 15.8 Å². The Morgan fingerprint density at radius 3 is 2.77 bits per heavy atom. The van der Waals surface area contributed by atoms with E-state index in [1.54, 1.807) is 31.2 Å². The Labute approximate surface area is 156 Å². The number of ether oxygens (including phenoxy) is 1. The highest BCUT2D eigenvalue weighted by atomic mass is 35.5. The van der Waals surface area contributed by atoms with Crippen LogP contribution < -0.4 is 11.1 Å². The van der Waals surface area contributed by atoms with Crippen LogP contribution in [0, 0.1) is 0 Å². The number of esters is 1. The summed E-state index contributed by atoms with van der Waals surface area (Å²) in [5.74, 6) is 0.227. The SMILES string of the molecule is CCOC(=O)c1cnc(-c2cccc(N)c2)nc1Nc1ccccc1Cl. The normalized spacial score (nSPS) is 10.4. The molecule has 0 atom stereocenters. The van der Waals surface area contributed by atoms with Crippen molar-refractivity contribution >= 4 is 34.8 Å². The molecule has 3 rings (SSSR count). The number of nitrogen functional groups attached to an aromatic ring is 1. The molecule has 3 N–H and O–H groups in total. The second-order valence-corrected chi connectivity index (χ2v) is 5.81. The molecule has 0 saturated carbocycles. The molecule has 0 aliphatic rings. The van der Waals surface area contributed by atoms with Crippen LogP contribution in [0.4, 0.5) is 17.2 Å². The van der Waals surface area contributed by atoms with Gasteiger partial charge in [-0.2, -0.15) is 0 Å². The van der Waals surface area contributed by atoms with E-state index in [-0.39, 0.29) is 12.2 Å². The summed E-state index contributed by atoms with van der Waals surface area (Å²) in [4.78, 5) is 21.0. The van der Waals surface area contributed by atoms with Crippen molar-refractivity contribution < 1.29 is 9.53 Å². The third-order valence-electron chi connectivity index (χ3n) is 3.56. The van der Waals surface area contributed by atoms with Crippen LogP contribution in [0.3, 0.4) is 0 Å². The third kappa shape index (κ3) is 3.92. The van der Waals surface area contributed by atoms with E-state index in [1.807, 2.05) is 24.3 Å². The number of hydrogen-bond donors (Lipinski definition) is 2. The fraction of sp³-hybridized carbons (Fsp3) is 0.105. The molecule has 0 aliphatic carbocycles. The van der Waals surface area contributed by atoms with E-state index in [0.717, 1.165) is 5.56 Å². The van der Waals surface area contributed by atoms with Crippen LogP contribution in [0.5, 0.6) is 0 Å². The number of para-hydroxylation sites is 1. The highest BCUT2D eigenvalue weighted by Crippen LogP contribution is 2.28. The Bertz CT molecular complexity index is 946. The average molecular weight is 369 g/mol. The van der Waals surface area contributed by atoms with Crippen molar-refractivity contribution in [1.82, 2.24) is 9.97 Å². The van der Waals surface area contributed by atoms with Crippen molar-refractivity contribution in [3.05, 3.63) is 65.3 Å².